The van der Waals surface area contributed by atoms with Gasteiger partial charge in [-0.15, -0.1) is 0 Å². The van der Waals surface area contributed by atoms with Gasteiger partial charge in [0.25, 0.3) is 5.91 Å². The van der Waals surface area contributed by atoms with Crippen molar-refractivity contribution < 1.29 is 22.8 Å². The van der Waals surface area contributed by atoms with Crippen molar-refractivity contribution in [2.24, 2.45) is 5.92 Å². The SMILES string of the molecule is CC1(C(F)(F)F)NC(=O)N(CC2CCNC2)C1=O. The van der Waals surface area contributed by atoms with Gasteiger partial charge in [0.2, 0.25) is 5.54 Å². The fourth-order valence-corrected chi connectivity index (χ4v) is 2.18. The Kier molecular flexibility index (Phi) is 3.00. The van der Waals surface area contributed by atoms with Gasteiger partial charge in [-0.3, -0.25) is 9.69 Å². The highest BCUT2D eigenvalue weighted by Gasteiger charge is 2.64. The third-order valence-electron chi connectivity index (χ3n) is 3.45. The molecule has 0 spiro atoms. The molecule has 2 aliphatic heterocycles. The van der Waals surface area contributed by atoms with Crippen LogP contribution in [0.25, 0.3) is 0 Å². The first-order chi connectivity index (χ1) is 8.25. The molecule has 18 heavy (non-hydrogen) atoms. The van der Waals surface area contributed by atoms with E-state index in [2.05, 4.69) is 5.32 Å². The van der Waals surface area contributed by atoms with Crippen LogP contribution in [0.15, 0.2) is 0 Å². The summed E-state index contributed by atoms with van der Waals surface area (Å²) >= 11 is 0. The van der Waals surface area contributed by atoms with Gasteiger partial charge in [-0.05, 0) is 32.4 Å². The van der Waals surface area contributed by atoms with Gasteiger partial charge in [0, 0.05) is 6.54 Å². The Labute approximate surface area is 102 Å². The Hall–Kier alpha value is -1.31. The first kappa shape index (κ1) is 13.1. The van der Waals surface area contributed by atoms with Crippen LogP contribution < -0.4 is 10.6 Å². The van der Waals surface area contributed by atoms with E-state index in [1.807, 2.05) is 0 Å². The van der Waals surface area contributed by atoms with Crippen molar-refractivity contribution in [3.63, 3.8) is 0 Å². The lowest BCUT2D eigenvalue weighted by Gasteiger charge is -2.24. The van der Waals surface area contributed by atoms with Crippen molar-refractivity contribution in [1.29, 1.82) is 0 Å². The van der Waals surface area contributed by atoms with Crippen LogP contribution in [0, 0.1) is 5.92 Å². The number of nitrogens with zero attached hydrogens (tertiary/aromatic N) is 1. The van der Waals surface area contributed by atoms with E-state index >= 15 is 0 Å². The van der Waals surface area contributed by atoms with E-state index in [0.29, 0.717) is 18.4 Å². The molecule has 3 amide bonds. The molecule has 2 aliphatic rings. The van der Waals surface area contributed by atoms with Gasteiger partial charge in [-0.25, -0.2) is 4.79 Å². The zero-order valence-corrected chi connectivity index (χ0v) is 9.80. The van der Waals surface area contributed by atoms with E-state index in [1.54, 1.807) is 5.32 Å². The second-order valence-electron chi connectivity index (χ2n) is 4.83. The zero-order chi connectivity index (χ0) is 13.6. The van der Waals surface area contributed by atoms with Crippen LogP contribution in [0.2, 0.25) is 0 Å². The van der Waals surface area contributed by atoms with E-state index in [1.165, 1.54) is 0 Å². The maximum Gasteiger partial charge on any atom is 0.420 e. The largest absolute Gasteiger partial charge is 0.420 e. The van der Waals surface area contributed by atoms with Crippen LogP contribution >= 0.6 is 0 Å². The maximum atomic E-state index is 12.8. The van der Waals surface area contributed by atoms with Crippen LogP contribution in [-0.2, 0) is 4.79 Å². The highest BCUT2D eigenvalue weighted by atomic mass is 19.4. The van der Waals surface area contributed by atoms with Crippen LogP contribution in [0.1, 0.15) is 13.3 Å². The number of imide groups is 1. The number of amides is 3. The van der Waals surface area contributed by atoms with Crippen molar-refractivity contribution in [2.75, 3.05) is 19.6 Å². The number of alkyl halides is 3. The minimum Gasteiger partial charge on any atom is -0.316 e. The molecule has 102 valence electrons. The number of hydrogen-bond donors (Lipinski definition) is 2. The molecule has 2 heterocycles. The average Bonchev–Trinajstić information content (AvgIpc) is 2.81. The molecule has 0 bridgehead atoms. The summed E-state index contributed by atoms with van der Waals surface area (Å²) in [6.45, 7) is 2.09. The summed E-state index contributed by atoms with van der Waals surface area (Å²) in [5, 5.41) is 4.77. The van der Waals surface area contributed by atoms with Crippen molar-refractivity contribution in [2.45, 2.75) is 25.1 Å². The summed E-state index contributed by atoms with van der Waals surface area (Å²) in [6.07, 6.45) is -4.04. The molecular formula is C10H14F3N3O2. The second-order valence-corrected chi connectivity index (χ2v) is 4.83. The molecule has 0 radical (unpaired) electrons. The van der Waals surface area contributed by atoms with Crippen molar-refractivity contribution >= 4 is 11.9 Å². The monoisotopic (exact) mass is 265 g/mol. The van der Waals surface area contributed by atoms with E-state index in [9.17, 15) is 22.8 Å². The summed E-state index contributed by atoms with van der Waals surface area (Å²) in [4.78, 5) is 24.0. The smallest absolute Gasteiger partial charge is 0.316 e. The molecule has 2 fully saturated rings. The minimum atomic E-state index is -4.79. The maximum absolute atomic E-state index is 12.8. The predicted octanol–water partition coefficient (Wildman–Crippen LogP) is 0.469. The summed E-state index contributed by atoms with van der Waals surface area (Å²) in [7, 11) is 0. The molecule has 0 aromatic heterocycles. The lowest BCUT2D eigenvalue weighted by Crippen LogP contribution is -2.56. The highest BCUT2D eigenvalue weighted by Crippen LogP contribution is 2.35. The van der Waals surface area contributed by atoms with Gasteiger partial charge in [0.05, 0.1) is 0 Å². The predicted molar refractivity (Wildman–Crippen MR) is 55.7 cm³/mol. The lowest BCUT2D eigenvalue weighted by atomic mass is 10.0. The third-order valence-corrected chi connectivity index (χ3v) is 3.45. The van der Waals surface area contributed by atoms with Crippen LogP contribution in [0.4, 0.5) is 18.0 Å². The summed E-state index contributed by atoms with van der Waals surface area (Å²) in [6, 6.07) is -0.966. The van der Waals surface area contributed by atoms with Crippen molar-refractivity contribution in [1.82, 2.24) is 15.5 Å². The zero-order valence-electron chi connectivity index (χ0n) is 9.80. The standard InChI is InChI=1S/C10H14F3N3O2/c1-9(10(11,12)13)7(17)16(8(18)15-9)5-6-2-3-14-4-6/h6,14H,2-5H2,1H3,(H,15,18). The van der Waals surface area contributed by atoms with E-state index in [0.717, 1.165) is 13.0 Å². The lowest BCUT2D eigenvalue weighted by molar-refractivity contribution is -0.191. The first-order valence-corrected chi connectivity index (χ1v) is 5.67. The van der Waals surface area contributed by atoms with Gasteiger partial charge in [-0.2, -0.15) is 13.2 Å². The molecule has 0 aromatic rings. The van der Waals surface area contributed by atoms with Crippen LogP contribution in [-0.4, -0.2) is 48.2 Å². The van der Waals surface area contributed by atoms with E-state index in [-0.39, 0.29) is 12.5 Å². The molecule has 0 saturated carbocycles. The average molecular weight is 265 g/mol. The molecule has 2 rings (SSSR count). The van der Waals surface area contributed by atoms with Crippen LogP contribution in [0.5, 0.6) is 0 Å². The Morgan fingerprint density at radius 3 is 2.56 bits per heavy atom. The van der Waals surface area contributed by atoms with Gasteiger partial charge in [-0.1, -0.05) is 0 Å². The molecule has 2 N–H and O–H groups in total. The van der Waals surface area contributed by atoms with Gasteiger partial charge < -0.3 is 10.6 Å². The number of hydrogen-bond acceptors (Lipinski definition) is 3. The van der Waals surface area contributed by atoms with Crippen LogP contribution in [0.3, 0.4) is 0 Å². The van der Waals surface area contributed by atoms with Gasteiger partial charge >= 0.3 is 12.2 Å². The van der Waals surface area contributed by atoms with E-state index < -0.39 is 23.7 Å². The Morgan fingerprint density at radius 1 is 1.44 bits per heavy atom. The van der Waals surface area contributed by atoms with Gasteiger partial charge in [0.1, 0.15) is 0 Å². The fourth-order valence-electron chi connectivity index (χ4n) is 2.18. The second kappa shape index (κ2) is 4.11. The Balaban J connectivity index is 2.14. The first-order valence-electron chi connectivity index (χ1n) is 5.67. The number of halogens is 3. The normalized spacial score (nSPS) is 33.1. The Morgan fingerprint density at radius 2 is 2.11 bits per heavy atom. The quantitative estimate of drug-likeness (QED) is 0.713. The third kappa shape index (κ3) is 1.94. The Bertz CT molecular complexity index is 379. The molecular weight excluding hydrogens is 251 g/mol. The molecule has 2 unspecified atom stereocenters. The summed E-state index contributed by atoms with van der Waals surface area (Å²) in [5.74, 6) is -1.19. The summed E-state index contributed by atoms with van der Waals surface area (Å²) < 4.78 is 38.3. The number of carbonyl (C=O) groups is 2. The minimum absolute atomic E-state index is 0.0234. The van der Waals surface area contributed by atoms with E-state index in [4.69, 9.17) is 0 Å². The topological polar surface area (TPSA) is 61.4 Å². The summed E-state index contributed by atoms with van der Waals surface area (Å²) in [5.41, 5.74) is -2.80. The number of rotatable bonds is 2. The molecule has 2 atom stereocenters. The van der Waals surface area contributed by atoms with Crippen molar-refractivity contribution in [3.05, 3.63) is 0 Å². The fraction of sp³-hybridized carbons (Fsp3) is 0.800. The highest BCUT2D eigenvalue weighted by molar-refractivity contribution is 6.07. The molecule has 0 aliphatic carbocycles. The number of carbonyl (C=O) groups excluding carboxylic acids is 2. The van der Waals surface area contributed by atoms with Gasteiger partial charge in [0.15, 0.2) is 0 Å². The number of urea groups is 1. The molecule has 8 heteroatoms. The number of nitrogens with one attached hydrogen (secondary N) is 2. The van der Waals surface area contributed by atoms with Crippen molar-refractivity contribution in [3.8, 4) is 0 Å². The molecule has 0 aromatic carbocycles. The molecule has 5 nitrogen and oxygen atoms in total. The molecule has 2 saturated heterocycles.